The number of nitrogens with zero attached hydrogens (tertiary/aromatic N) is 3. The molecule has 1 fully saturated rings. The summed E-state index contributed by atoms with van der Waals surface area (Å²) in [7, 11) is 3.42. The lowest BCUT2D eigenvalue weighted by atomic mass is 10.0. The van der Waals surface area contributed by atoms with Crippen molar-refractivity contribution in [1.29, 1.82) is 0 Å². The number of allylic oxidation sites excluding steroid dienone is 1. The van der Waals surface area contributed by atoms with Crippen molar-refractivity contribution < 1.29 is 52.9 Å². The third-order valence-corrected chi connectivity index (χ3v) is 12.4. The van der Waals surface area contributed by atoms with E-state index in [9.17, 15) is 15.0 Å². The van der Waals surface area contributed by atoms with Crippen molar-refractivity contribution >= 4 is 39.6 Å². The van der Waals surface area contributed by atoms with Gasteiger partial charge in [0.1, 0.15) is 0 Å². The van der Waals surface area contributed by atoms with Crippen LogP contribution in [0.4, 0.5) is 0 Å². The second kappa shape index (κ2) is 27.8. The number of hydrogen-bond acceptors (Lipinski definition) is 13. The first-order valence-corrected chi connectivity index (χ1v) is 23.9. The molecule has 0 radical (unpaired) electrons. The molecule has 0 aliphatic carbocycles. The molecule has 16 heteroatoms. The van der Waals surface area contributed by atoms with Crippen LogP contribution in [0.5, 0.6) is 0 Å². The lowest BCUT2D eigenvalue weighted by molar-refractivity contribution is -0.226. The molecule has 6 rings (SSSR count). The zero-order chi connectivity index (χ0) is 48.3. The van der Waals surface area contributed by atoms with Crippen molar-refractivity contribution in [1.82, 2.24) is 24.8 Å². The van der Waals surface area contributed by atoms with Crippen LogP contribution in [-0.4, -0.2) is 159 Å². The zero-order valence-electron chi connectivity index (χ0n) is 41.5. The van der Waals surface area contributed by atoms with Crippen LogP contribution in [0.15, 0.2) is 18.2 Å². The fourth-order valence-electron chi connectivity index (χ4n) is 8.17. The summed E-state index contributed by atoms with van der Waals surface area (Å²) in [5, 5.41) is 19.9. The van der Waals surface area contributed by atoms with Gasteiger partial charge in [-0.25, -0.2) is 4.98 Å². The number of carbonyl (C=O) groups excluding carboxylic acids is 1. The number of aryl methyl sites for hydroxylation is 3. The minimum absolute atomic E-state index is 0.125. The van der Waals surface area contributed by atoms with Gasteiger partial charge in [-0.3, -0.25) is 9.78 Å². The normalized spacial score (nSPS) is 18.2. The van der Waals surface area contributed by atoms with Crippen LogP contribution < -0.4 is 0 Å². The number of methoxy groups -OCH3 is 1. The third-order valence-electron chi connectivity index (χ3n) is 12.4. The Morgan fingerprint density at radius 1 is 0.776 bits per heavy atom. The smallest absolute Gasteiger partial charge is 0.222 e. The van der Waals surface area contributed by atoms with E-state index in [-0.39, 0.29) is 18.4 Å². The predicted octanol–water partition coefficient (Wildman–Crippen LogP) is 6.67. The molecule has 0 aromatic carbocycles. The highest BCUT2D eigenvalue weighted by Crippen LogP contribution is 2.32. The van der Waals surface area contributed by atoms with Gasteiger partial charge in [0, 0.05) is 84.9 Å². The molecule has 0 saturated carbocycles. The van der Waals surface area contributed by atoms with E-state index in [1.165, 1.54) is 11.1 Å². The fourth-order valence-corrected chi connectivity index (χ4v) is 8.17. The first-order chi connectivity index (χ1) is 32.4. The van der Waals surface area contributed by atoms with Crippen LogP contribution in [0.2, 0.25) is 0 Å². The summed E-state index contributed by atoms with van der Waals surface area (Å²) in [5.41, 5.74) is 15.1. The second-order valence-electron chi connectivity index (χ2n) is 17.4. The lowest BCUT2D eigenvalue weighted by Crippen LogP contribution is -2.38. The van der Waals surface area contributed by atoms with Gasteiger partial charge in [0.25, 0.3) is 0 Å². The summed E-state index contributed by atoms with van der Waals surface area (Å²) >= 11 is 0. The Labute approximate surface area is 396 Å². The van der Waals surface area contributed by atoms with Crippen LogP contribution >= 0.6 is 0 Å². The number of carbonyl (C=O) groups is 1. The number of aliphatic hydroxyl groups excluding tert-OH is 2. The van der Waals surface area contributed by atoms with Crippen molar-refractivity contribution in [3.63, 3.8) is 0 Å². The molecule has 1 saturated heterocycles. The van der Waals surface area contributed by atoms with Crippen molar-refractivity contribution in [3.8, 4) is 0 Å². The van der Waals surface area contributed by atoms with Gasteiger partial charge in [0.05, 0.1) is 109 Å². The minimum Gasteiger partial charge on any atom is -0.394 e. The standard InChI is InChI=1S/C34H42N4O4.C17H35NO7/c1-7-24-19(4)31-14-33-25(16-41-34-11-22(40)10-23(15-39)42-34)20(5)30(38-33)12-26-17(2)8-28(35-26)21(6)29-9-18(3)27(36-29)13-32(24)37-31;1-4-17(19)18(2)5-6-21-9-10-23-13-14-25-16-15-24-12-11-22-8-7-20-3/h9,12-14,17,22-23,34,37-40H,7-8,10-11,15-16H2,1-6H3;4-16H2,1-3H3. The summed E-state index contributed by atoms with van der Waals surface area (Å²) in [6.07, 6.45) is 3.71. The Balaban J connectivity index is 0.000000290. The lowest BCUT2D eigenvalue weighted by Gasteiger charge is -2.32. The van der Waals surface area contributed by atoms with E-state index in [0.717, 1.165) is 79.9 Å². The van der Waals surface area contributed by atoms with Gasteiger partial charge in [-0.2, -0.15) is 0 Å². The third kappa shape index (κ3) is 16.0. The monoisotopic (exact) mass is 936 g/mol. The summed E-state index contributed by atoms with van der Waals surface area (Å²) in [4.78, 5) is 30.5. The maximum Gasteiger partial charge on any atom is 0.222 e. The van der Waals surface area contributed by atoms with Crippen molar-refractivity contribution in [3.05, 3.63) is 68.8 Å². The number of hydrogen-bond donors (Lipinski definition) is 4. The second-order valence-corrected chi connectivity index (χ2v) is 17.4. The molecule has 3 aliphatic rings. The van der Waals surface area contributed by atoms with Crippen LogP contribution in [0.25, 0.3) is 33.7 Å². The average Bonchev–Trinajstić information content (AvgIpc) is 4.04. The van der Waals surface area contributed by atoms with E-state index in [1.54, 1.807) is 19.1 Å². The number of ether oxygens (including phenoxy) is 8. The molecule has 4 atom stereocenters. The zero-order valence-corrected chi connectivity index (χ0v) is 41.5. The van der Waals surface area contributed by atoms with Crippen molar-refractivity contribution in [2.75, 3.05) is 100.0 Å². The van der Waals surface area contributed by atoms with Gasteiger partial charge in [-0.1, -0.05) is 20.8 Å². The molecule has 3 aromatic rings. The number of rotatable bonds is 24. The predicted molar refractivity (Wildman–Crippen MR) is 260 cm³/mol. The number of aromatic amines is 2. The Hall–Kier alpha value is -4.07. The highest BCUT2D eigenvalue weighted by Gasteiger charge is 2.29. The number of aromatic nitrogens is 4. The van der Waals surface area contributed by atoms with Crippen LogP contribution in [0.3, 0.4) is 0 Å². The van der Waals surface area contributed by atoms with Gasteiger partial charge in [0.2, 0.25) is 5.91 Å². The molecular weight excluding hydrogens is 859 g/mol. The Morgan fingerprint density at radius 2 is 1.36 bits per heavy atom. The van der Waals surface area contributed by atoms with E-state index in [4.69, 9.17) is 47.9 Å². The molecule has 8 bridgehead atoms. The molecule has 3 aliphatic heterocycles. The number of H-pyrrole nitrogens is 2. The molecule has 4 unspecified atom stereocenters. The van der Waals surface area contributed by atoms with Gasteiger partial charge in [-0.15, -0.1) is 0 Å². The number of nitrogens with one attached hydrogen (secondary N) is 2. The number of fused-ring (bicyclic) bond motifs is 8. The molecule has 16 nitrogen and oxygen atoms in total. The molecule has 6 heterocycles. The topological polar surface area (TPSA) is 192 Å². The van der Waals surface area contributed by atoms with Gasteiger partial charge >= 0.3 is 0 Å². The van der Waals surface area contributed by atoms with E-state index in [2.05, 4.69) is 75.8 Å². The van der Waals surface area contributed by atoms with Gasteiger partial charge in [-0.05, 0) is 92.6 Å². The summed E-state index contributed by atoms with van der Waals surface area (Å²) in [6, 6.07) is 6.51. The first-order valence-electron chi connectivity index (χ1n) is 23.9. The highest BCUT2D eigenvalue weighted by molar-refractivity contribution is 5.85. The summed E-state index contributed by atoms with van der Waals surface area (Å²) in [6.45, 7) is 21.6. The quantitative estimate of drug-likeness (QED) is 0.0698. The van der Waals surface area contributed by atoms with E-state index < -0.39 is 18.5 Å². The van der Waals surface area contributed by atoms with E-state index >= 15 is 0 Å². The summed E-state index contributed by atoms with van der Waals surface area (Å²) in [5.74, 6) is 0.412. The van der Waals surface area contributed by atoms with Crippen LogP contribution in [0, 0.1) is 20.8 Å². The molecular formula is C51H77N5O11. The number of aliphatic hydroxyl groups is 2. The highest BCUT2D eigenvalue weighted by atomic mass is 16.7. The fraction of sp³-hybridized carbons (Fsp3) is 0.627. The Morgan fingerprint density at radius 3 is 1.96 bits per heavy atom. The maximum absolute atomic E-state index is 11.3. The first kappa shape index (κ1) is 53.9. The minimum atomic E-state index is -0.581. The molecule has 67 heavy (non-hydrogen) atoms. The van der Waals surface area contributed by atoms with Gasteiger partial charge < -0.3 is 63.0 Å². The van der Waals surface area contributed by atoms with Crippen molar-refractivity contribution in [2.45, 2.75) is 112 Å². The van der Waals surface area contributed by atoms with Gasteiger partial charge in [0.15, 0.2) is 6.29 Å². The number of amides is 1. The largest absolute Gasteiger partial charge is 0.394 e. The molecule has 3 aromatic heterocycles. The maximum atomic E-state index is 11.3. The molecule has 0 spiro atoms. The van der Waals surface area contributed by atoms with E-state index in [1.807, 2.05) is 6.92 Å². The number of likely N-dealkylation sites (N-methyl/N-ethyl adjacent to an activating group) is 1. The Kier molecular flexibility index (Phi) is 22.4. The molecule has 4 N–H and O–H groups in total. The SMILES string of the molecule is CCC(=O)N(C)CCOCCOCCOCCOCCOCCOC.CCc1c(C)c2cc3[nH]c(cc4nc(c(C)c5nc(cc1[nH]2)C(C)=C5)CC4C)c(C)c3COC1CC(O)CC(CO)O1. The summed E-state index contributed by atoms with van der Waals surface area (Å²) < 4.78 is 43.8. The Bertz CT molecular complexity index is 2220. The van der Waals surface area contributed by atoms with Crippen molar-refractivity contribution in [2.24, 2.45) is 0 Å². The van der Waals surface area contributed by atoms with Crippen LogP contribution in [0.1, 0.15) is 103 Å². The molecule has 372 valence electrons. The van der Waals surface area contributed by atoms with E-state index in [0.29, 0.717) is 105 Å². The average molecular weight is 936 g/mol. The van der Waals surface area contributed by atoms with Crippen LogP contribution in [-0.2, 0) is 62.1 Å². The molecule has 1 amide bonds.